The van der Waals surface area contributed by atoms with Gasteiger partial charge in [0.15, 0.2) is 0 Å². The van der Waals surface area contributed by atoms with E-state index >= 15 is 0 Å². The second kappa shape index (κ2) is 7.81. The molecule has 4 unspecified atom stereocenters. The summed E-state index contributed by atoms with van der Waals surface area (Å²) in [6.07, 6.45) is 5.84. The lowest BCUT2D eigenvalue weighted by atomic mass is 9.84. The SMILES string of the molecule is COc1nccc(C)c1C1CC(C)(C)c2ccc(COc3cc4c(cn3)C3C(CO)C3C4)cc21. The third-order valence-corrected chi connectivity index (χ3v) is 8.39. The average Bonchev–Trinajstić information content (AvgIpc) is 3.28. The quantitative estimate of drug-likeness (QED) is 0.561. The lowest BCUT2D eigenvalue weighted by Crippen LogP contribution is -2.13. The van der Waals surface area contributed by atoms with Crippen molar-refractivity contribution >= 4 is 0 Å². The maximum absolute atomic E-state index is 9.48. The van der Waals surface area contributed by atoms with Crippen molar-refractivity contribution in [1.82, 2.24) is 9.97 Å². The number of hydrogen-bond donors (Lipinski definition) is 1. The molecule has 1 aromatic carbocycles. The standard InChI is InChI=1S/C29H32N2O3/c1-16-7-8-30-28(33-4)26(16)21-12-29(2,3)24-6-5-17(9-19(21)24)15-34-25-11-18-10-20-23(14-32)27(20)22(18)13-31-25/h5-9,11,13,20-21,23,27,32H,10,12,14-15H2,1-4H3. The highest BCUT2D eigenvalue weighted by Crippen LogP contribution is 2.61. The highest BCUT2D eigenvalue weighted by molar-refractivity contribution is 5.52. The number of methoxy groups -OCH3 is 1. The molecular formula is C29H32N2O3. The summed E-state index contributed by atoms with van der Waals surface area (Å²) in [6, 6.07) is 10.9. The Morgan fingerprint density at radius 3 is 2.76 bits per heavy atom. The fraction of sp³-hybridized carbons (Fsp3) is 0.448. The van der Waals surface area contributed by atoms with Crippen LogP contribution >= 0.6 is 0 Å². The number of pyridine rings is 2. The Labute approximate surface area is 201 Å². The first-order chi connectivity index (χ1) is 16.4. The molecule has 2 aromatic heterocycles. The number of fused-ring (bicyclic) bond motifs is 4. The fourth-order valence-electron chi connectivity index (χ4n) is 6.61. The molecule has 176 valence electrons. The van der Waals surface area contributed by atoms with Crippen LogP contribution < -0.4 is 9.47 Å². The Morgan fingerprint density at radius 1 is 1.12 bits per heavy atom. The van der Waals surface area contributed by atoms with Crippen LogP contribution in [0.4, 0.5) is 0 Å². The number of benzene rings is 1. The van der Waals surface area contributed by atoms with Crippen molar-refractivity contribution in [2.75, 3.05) is 13.7 Å². The molecule has 3 aliphatic rings. The maximum Gasteiger partial charge on any atom is 0.217 e. The second-order valence-electron chi connectivity index (χ2n) is 10.9. The van der Waals surface area contributed by atoms with Crippen molar-refractivity contribution in [1.29, 1.82) is 0 Å². The molecule has 0 bridgehead atoms. The molecule has 1 saturated carbocycles. The summed E-state index contributed by atoms with van der Waals surface area (Å²) in [6.45, 7) is 7.56. The predicted octanol–water partition coefficient (Wildman–Crippen LogP) is 5.06. The van der Waals surface area contributed by atoms with Gasteiger partial charge < -0.3 is 14.6 Å². The van der Waals surface area contributed by atoms with E-state index in [1.165, 1.54) is 33.4 Å². The molecule has 6 rings (SSSR count). The third kappa shape index (κ3) is 3.32. The molecule has 1 N–H and O–H groups in total. The van der Waals surface area contributed by atoms with Gasteiger partial charge in [-0.05, 0) is 82.4 Å². The largest absolute Gasteiger partial charge is 0.481 e. The molecule has 3 aliphatic carbocycles. The van der Waals surface area contributed by atoms with E-state index in [9.17, 15) is 5.11 Å². The van der Waals surface area contributed by atoms with E-state index in [0.29, 0.717) is 30.2 Å². The van der Waals surface area contributed by atoms with Gasteiger partial charge in [-0.15, -0.1) is 0 Å². The number of aliphatic hydroxyl groups excluding tert-OH is 1. The smallest absolute Gasteiger partial charge is 0.217 e. The summed E-state index contributed by atoms with van der Waals surface area (Å²) in [5.41, 5.74) is 9.01. The van der Waals surface area contributed by atoms with Gasteiger partial charge in [0, 0.05) is 36.5 Å². The zero-order chi connectivity index (χ0) is 23.6. The minimum atomic E-state index is 0.0848. The van der Waals surface area contributed by atoms with E-state index in [4.69, 9.17) is 9.47 Å². The summed E-state index contributed by atoms with van der Waals surface area (Å²) < 4.78 is 11.8. The van der Waals surface area contributed by atoms with E-state index in [-0.39, 0.29) is 17.9 Å². The van der Waals surface area contributed by atoms with Gasteiger partial charge in [-0.3, -0.25) is 0 Å². The van der Waals surface area contributed by atoms with Crippen molar-refractivity contribution in [2.24, 2.45) is 11.8 Å². The summed E-state index contributed by atoms with van der Waals surface area (Å²) >= 11 is 0. The first-order valence-corrected chi connectivity index (χ1v) is 12.3. The predicted molar refractivity (Wildman–Crippen MR) is 131 cm³/mol. The monoisotopic (exact) mass is 456 g/mol. The molecular weight excluding hydrogens is 424 g/mol. The van der Waals surface area contributed by atoms with Gasteiger partial charge in [-0.2, -0.15) is 0 Å². The van der Waals surface area contributed by atoms with E-state index in [0.717, 1.165) is 24.3 Å². The highest BCUT2D eigenvalue weighted by Gasteiger charge is 2.55. The fourth-order valence-corrected chi connectivity index (χ4v) is 6.61. The molecule has 0 amide bonds. The number of aliphatic hydroxyl groups is 1. The van der Waals surface area contributed by atoms with E-state index in [1.54, 1.807) is 7.11 Å². The molecule has 5 heteroatoms. The lowest BCUT2D eigenvalue weighted by molar-refractivity contribution is 0.265. The van der Waals surface area contributed by atoms with Crippen LogP contribution in [0.1, 0.15) is 71.0 Å². The molecule has 0 spiro atoms. The minimum Gasteiger partial charge on any atom is -0.481 e. The van der Waals surface area contributed by atoms with Crippen LogP contribution in [0.5, 0.6) is 11.8 Å². The summed E-state index contributed by atoms with van der Waals surface area (Å²) in [5.74, 6) is 3.19. The normalized spacial score (nSPS) is 25.4. The number of hydrogen-bond acceptors (Lipinski definition) is 5. The second-order valence-corrected chi connectivity index (χ2v) is 10.9. The molecule has 0 saturated heterocycles. The van der Waals surface area contributed by atoms with Gasteiger partial charge in [0.1, 0.15) is 6.61 Å². The third-order valence-electron chi connectivity index (χ3n) is 8.39. The van der Waals surface area contributed by atoms with Gasteiger partial charge >= 0.3 is 0 Å². The van der Waals surface area contributed by atoms with Crippen LogP contribution in [-0.2, 0) is 18.4 Å². The molecule has 34 heavy (non-hydrogen) atoms. The van der Waals surface area contributed by atoms with Crippen LogP contribution in [0.15, 0.2) is 42.7 Å². The molecule has 3 aromatic rings. The Kier molecular flexibility index (Phi) is 4.96. The summed E-state index contributed by atoms with van der Waals surface area (Å²) in [7, 11) is 1.70. The van der Waals surface area contributed by atoms with Crippen molar-refractivity contribution in [3.05, 3.63) is 81.7 Å². The van der Waals surface area contributed by atoms with Crippen molar-refractivity contribution in [3.63, 3.8) is 0 Å². The van der Waals surface area contributed by atoms with Gasteiger partial charge in [-0.25, -0.2) is 9.97 Å². The lowest BCUT2D eigenvalue weighted by Gasteiger charge is -2.20. The summed E-state index contributed by atoms with van der Waals surface area (Å²) in [4.78, 5) is 9.07. The highest BCUT2D eigenvalue weighted by atomic mass is 16.5. The Bertz CT molecular complexity index is 1270. The first kappa shape index (κ1) is 21.6. The van der Waals surface area contributed by atoms with Crippen molar-refractivity contribution < 1.29 is 14.6 Å². The average molecular weight is 457 g/mol. The molecule has 0 aliphatic heterocycles. The number of aryl methyl sites for hydroxylation is 1. The summed E-state index contributed by atoms with van der Waals surface area (Å²) in [5, 5.41) is 9.48. The van der Waals surface area contributed by atoms with Crippen LogP contribution in [0, 0.1) is 18.8 Å². The van der Waals surface area contributed by atoms with Gasteiger partial charge in [0.2, 0.25) is 11.8 Å². The number of rotatable bonds is 6. The number of ether oxygens (including phenoxy) is 2. The van der Waals surface area contributed by atoms with Crippen molar-refractivity contribution in [3.8, 4) is 11.8 Å². The maximum atomic E-state index is 9.48. The molecule has 2 heterocycles. The van der Waals surface area contributed by atoms with Gasteiger partial charge in [0.05, 0.1) is 7.11 Å². The Hall–Kier alpha value is -2.92. The van der Waals surface area contributed by atoms with Crippen LogP contribution in [0.3, 0.4) is 0 Å². The van der Waals surface area contributed by atoms with Crippen LogP contribution in [-0.4, -0.2) is 28.8 Å². The zero-order valence-corrected chi connectivity index (χ0v) is 20.3. The topological polar surface area (TPSA) is 64.5 Å². The van der Waals surface area contributed by atoms with E-state index < -0.39 is 0 Å². The number of aromatic nitrogens is 2. The molecule has 1 fully saturated rings. The first-order valence-electron chi connectivity index (χ1n) is 12.3. The molecule has 4 atom stereocenters. The number of nitrogens with zero attached hydrogens (tertiary/aromatic N) is 2. The Balaban J connectivity index is 1.25. The van der Waals surface area contributed by atoms with Gasteiger partial charge in [-0.1, -0.05) is 32.0 Å². The molecule has 0 radical (unpaired) electrons. The zero-order valence-electron chi connectivity index (χ0n) is 20.3. The van der Waals surface area contributed by atoms with E-state index in [1.807, 2.05) is 12.4 Å². The minimum absolute atomic E-state index is 0.0848. The van der Waals surface area contributed by atoms with Crippen molar-refractivity contribution in [2.45, 2.75) is 57.5 Å². The van der Waals surface area contributed by atoms with Crippen LogP contribution in [0.2, 0.25) is 0 Å². The van der Waals surface area contributed by atoms with Gasteiger partial charge in [0.25, 0.3) is 0 Å². The van der Waals surface area contributed by atoms with Crippen LogP contribution in [0.25, 0.3) is 0 Å². The van der Waals surface area contributed by atoms with E-state index in [2.05, 4.69) is 61.1 Å². The molecule has 5 nitrogen and oxygen atoms in total. The Morgan fingerprint density at radius 2 is 1.97 bits per heavy atom.